The molecular weight excluding hydrogens is 454 g/mol. The number of benzene rings is 2. The first-order valence-corrected chi connectivity index (χ1v) is 12.1. The first kappa shape index (κ1) is 26.8. The van der Waals surface area contributed by atoms with E-state index in [1.807, 2.05) is 59.2 Å². The van der Waals surface area contributed by atoms with Gasteiger partial charge in [-0.2, -0.15) is 0 Å². The summed E-state index contributed by atoms with van der Waals surface area (Å²) in [4.78, 5) is 25.6. The van der Waals surface area contributed by atoms with E-state index in [1.165, 1.54) is 17.7 Å². The summed E-state index contributed by atoms with van der Waals surface area (Å²) in [5.41, 5.74) is 3.15. The fourth-order valence-electron chi connectivity index (χ4n) is 3.74. The Labute approximate surface area is 213 Å². The minimum atomic E-state index is -0.0121. The average Bonchev–Trinajstić information content (AvgIpc) is 2.90. The van der Waals surface area contributed by atoms with Gasteiger partial charge in [-0.25, -0.2) is 0 Å². The van der Waals surface area contributed by atoms with Crippen molar-refractivity contribution in [2.75, 3.05) is 40.9 Å². The molecule has 0 aliphatic heterocycles. The number of nitrogens with zero attached hydrogens (tertiary/aromatic N) is 2. The first-order valence-electron chi connectivity index (χ1n) is 12.1. The molecule has 1 N–H and O–H groups in total. The molecule has 0 saturated heterocycles. The smallest absolute Gasteiger partial charge is 0.223 e. The van der Waals surface area contributed by atoms with E-state index in [-0.39, 0.29) is 11.3 Å². The second-order valence-corrected chi connectivity index (χ2v) is 8.62. The number of hydrogen-bond donors (Lipinski definition) is 1. The quantitative estimate of drug-likeness (QED) is 0.368. The Morgan fingerprint density at radius 3 is 2.28 bits per heavy atom. The molecule has 0 aliphatic rings. The lowest BCUT2D eigenvalue weighted by atomic mass is 10.1. The Morgan fingerprint density at radius 1 is 0.972 bits per heavy atom. The summed E-state index contributed by atoms with van der Waals surface area (Å²) >= 11 is 0. The number of methoxy groups -OCH3 is 2. The molecule has 0 spiro atoms. The van der Waals surface area contributed by atoms with Gasteiger partial charge in [0.2, 0.25) is 5.91 Å². The molecule has 7 heteroatoms. The molecule has 1 heterocycles. The van der Waals surface area contributed by atoms with Crippen molar-refractivity contribution in [3.63, 3.8) is 0 Å². The number of rotatable bonds is 13. The Bertz CT molecular complexity index is 1160. The maximum absolute atomic E-state index is 12.1. The molecule has 0 radical (unpaired) electrons. The zero-order valence-corrected chi connectivity index (χ0v) is 21.3. The summed E-state index contributed by atoms with van der Waals surface area (Å²) in [6.07, 6.45) is 9.43. The number of likely N-dealkylation sites (N-methyl/N-ethyl adjacent to an activating group) is 1. The predicted octanol–water partition coefficient (Wildman–Crippen LogP) is 3.94. The summed E-state index contributed by atoms with van der Waals surface area (Å²) in [6.45, 7) is 2.46. The van der Waals surface area contributed by atoms with Crippen LogP contribution in [0.25, 0.3) is 11.8 Å². The van der Waals surface area contributed by atoms with Crippen molar-refractivity contribution in [1.29, 1.82) is 0 Å². The molecule has 1 amide bonds. The van der Waals surface area contributed by atoms with Crippen LogP contribution in [0.3, 0.4) is 0 Å². The van der Waals surface area contributed by atoms with Gasteiger partial charge in [0.25, 0.3) is 0 Å². The van der Waals surface area contributed by atoms with Gasteiger partial charge in [0.05, 0.1) is 14.2 Å². The largest absolute Gasteiger partial charge is 0.497 e. The van der Waals surface area contributed by atoms with E-state index in [0.717, 1.165) is 48.7 Å². The highest BCUT2D eigenvalue weighted by Gasteiger charge is 2.05. The van der Waals surface area contributed by atoms with Crippen LogP contribution in [0.5, 0.6) is 11.5 Å². The minimum absolute atomic E-state index is 0.0121. The van der Waals surface area contributed by atoms with E-state index >= 15 is 0 Å². The zero-order chi connectivity index (χ0) is 25.8. The van der Waals surface area contributed by atoms with E-state index in [9.17, 15) is 9.59 Å². The number of ether oxygens (including phenoxy) is 2. The zero-order valence-electron chi connectivity index (χ0n) is 21.3. The van der Waals surface area contributed by atoms with Crippen molar-refractivity contribution in [3.05, 3.63) is 94.4 Å². The molecule has 190 valence electrons. The number of carbonyl (C=O) groups is 1. The Morgan fingerprint density at radius 2 is 1.64 bits per heavy atom. The lowest BCUT2D eigenvalue weighted by Gasteiger charge is -2.17. The van der Waals surface area contributed by atoms with Crippen molar-refractivity contribution < 1.29 is 14.3 Å². The maximum Gasteiger partial charge on any atom is 0.223 e. The molecule has 0 atom stereocenters. The Kier molecular flexibility index (Phi) is 10.3. The maximum atomic E-state index is 12.1. The third kappa shape index (κ3) is 8.74. The van der Waals surface area contributed by atoms with Gasteiger partial charge >= 0.3 is 0 Å². The van der Waals surface area contributed by atoms with E-state index in [4.69, 9.17) is 9.47 Å². The molecule has 36 heavy (non-hydrogen) atoms. The van der Waals surface area contributed by atoms with Crippen LogP contribution in [-0.2, 0) is 11.2 Å². The lowest BCUT2D eigenvalue weighted by Crippen LogP contribution is -2.28. The van der Waals surface area contributed by atoms with E-state index in [0.29, 0.717) is 13.0 Å². The molecule has 0 aliphatic carbocycles. The van der Waals surface area contributed by atoms with Crippen molar-refractivity contribution in [2.45, 2.75) is 19.3 Å². The van der Waals surface area contributed by atoms with Gasteiger partial charge in [0.15, 0.2) is 5.43 Å². The molecular formula is C29H35N3O4. The van der Waals surface area contributed by atoms with Crippen LogP contribution < -0.4 is 20.2 Å². The van der Waals surface area contributed by atoms with Gasteiger partial charge in [0.1, 0.15) is 11.5 Å². The second-order valence-electron chi connectivity index (χ2n) is 8.62. The van der Waals surface area contributed by atoms with Crippen LogP contribution >= 0.6 is 0 Å². The van der Waals surface area contributed by atoms with Gasteiger partial charge < -0.3 is 24.3 Å². The second kappa shape index (κ2) is 13.9. The molecule has 7 nitrogen and oxygen atoms in total. The highest BCUT2D eigenvalue weighted by molar-refractivity contribution is 5.78. The number of pyridine rings is 1. The average molecular weight is 490 g/mol. The number of carbonyl (C=O) groups excluding carboxylic acids is 1. The Balaban J connectivity index is 1.32. The third-order valence-corrected chi connectivity index (χ3v) is 5.84. The molecule has 3 aromatic rings. The topological polar surface area (TPSA) is 72.8 Å². The lowest BCUT2D eigenvalue weighted by molar-refractivity contribution is -0.120. The fourth-order valence-corrected chi connectivity index (χ4v) is 3.74. The molecule has 3 rings (SSSR count). The number of nitrogens with one attached hydrogen (secondary N) is 1. The summed E-state index contributed by atoms with van der Waals surface area (Å²) < 4.78 is 12.6. The number of aromatic nitrogens is 1. The molecule has 0 unspecified atom stereocenters. The summed E-state index contributed by atoms with van der Waals surface area (Å²) in [5.74, 6) is 1.61. The van der Waals surface area contributed by atoms with Crippen LogP contribution in [0.4, 0.5) is 0 Å². The van der Waals surface area contributed by atoms with Crippen molar-refractivity contribution in [2.24, 2.45) is 0 Å². The highest BCUT2D eigenvalue weighted by atomic mass is 16.5. The van der Waals surface area contributed by atoms with Crippen LogP contribution in [-0.4, -0.2) is 56.3 Å². The van der Waals surface area contributed by atoms with E-state index in [2.05, 4.69) is 17.3 Å². The third-order valence-electron chi connectivity index (χ3n) is 5.84. The van der Waals surface area contributed by atoms with Gasteiger partial charge in [-0.15, -0.1) is 0 Å². The molecule has 0 fully saturated rings. The predicted molar refractivity (Wildman–Crippen MR) is 144 cm³/mol. The number of hydrogen-bond acceptors (Lipinski definition) is 5. The van der Waals surface area contributed by atoms with Crippen molar-refractivity contribution in [1.82, 2.24) is 14.8 Å². The fraction of sp³-hybridized carbons (Fsp3) is 0.310. The summed E-state index contributed by atoms with van der Waals surface area (Å²) in [7, 11) is 5.40. The van der Waals surface area contributed by atoms with Gasteiger partial charge in [-0.1, -0.05) is 24.3 Å². The van der Waals surface area contributed by atoms with Crippen molar-refractivity contribution in [3.8, 4) is 17.2 Å². The summed E-state index contributed by atoms with van der Waals surface area (Å²) in [5, 5.41) is 2.98. The van der Waals surface area contributed by atoms with Crippen LogP contribution in [0.15, 0.2) is 77.9 Å². The molecule has 1 aromatic heterocycles. The van der Waals surface area contributed by atoms with E-state index in [1.54, 1.807) is 26.6 Å². The Hall–Kier alpha value is -3.84. The summed E-state index contributed by atoms with van der Waals surface area (Å²) in [6, 6.07) is 16.9. The normalized spacial score (nSPS) is 11.1. The standard InChI is InChI=1S/C29H35N3O4/c1-31(17-12-24-20-27(35-2)22-28(21-24)36-3)16-5-15-30-29(34)7-4-6-23-8-10-25(11-9-23)32-18-13-26(33)14-19-32/h4,6,8-11,13-14,18-22H,5,7,12,15-17H2,1-3H3,(H,30,34)/b6-4+. The van der Waals surface area contributed by atoms with Gasteiger partial charge in [-0.3, -0.25) is 9.59 Å². The number of amides is 1. The van der Waals surface area contributed by atoms with Gasteiger partial charge in [0, 0.05) is 55.8 Å². The van der Waals surface area contributed by atoms with Crippen LogP contribution in [0.2, 0.25) is 0 Å². The highest BCUT2D eigenvalue weighted by Crippen LogP contribution is 2.22. The van der Waals surface area contributed by atoms with Crippen molar-refractivity contribution >= 4 is 12.0 Å². The first-order chi connectivity index (χ1) is 17.5. The molecule has 0 bridgehead atoms. The minimum Gasteiger partial charge on any atom is -0.497 e. The van der Waals surface area contributed by atoms with E-state index < -0.39 is 0 Å². The van der Waals surface area contributed by atoms with Crippen LogP contribution in [0, 0.1) is 0 Å². The van der Waals surface area contributed by atoms with Crippen LogP contribution in [0.1, 0.15) is 24.0 Å². The molecule has 2 aromatic carbocycles. The SMILES string of the molecule is COc1cc(CCN(C)CCCNC(=O)C/C=C/c2ccc(-n3ccc(=O)cc3)cc2)cc(OC)c1. The molecule has 0 saturated carbocycles. The van der Waals surface area contributed by atoms with Gasteiger partial charge in [-0.05, 0) is 61.8 Å². The monoisotopic (exact) mass is 489 g/mol.